The van der Waals surface area contributed by atoms with Crippen LogP contribution in [0.3, 0.4) is 0 Å². The van der Waals surface area contributed by atoms with Gasteiger partial charge in [-0.3, -0.25) is 4.90 Å². The van der Waals surface area contributed by atoms with Crippen LogP contribution in [-0.2, 0) is 17.8 Å². The molecular formula is C23H30N2O4. The summed E-state index contributed by atoms with van der Waals surface area (Å²) in [7, 11) is 0. The van der Waals surface area contributed by atoms with Crippen LogP contribution in [0.5, 0.6) is 11.5 Å². The maximum atomic E-state index is 10.3. The highest BCUT2D eigenvalue weighted by molar-refractivity contribution is 5.44. The van der Waals surface area contributed by atoms with Crippen molar-refractivity contribution < 1.29 is 19.3 Å². The summed E-state index contributed by atoms with van der Waals surface area (Å²) in [6, 6.07) is 16.4. The molecule has 1 fully saturated rings. The van der Waals surface area contributed by atoms with E-state index in [9.17, 15) is 5.11 Å². The number of β-amino-alcohol motifs (C(OH)–C–C–N with tert-alkyl or cyclic N) is 1. The highest BCUT2D eigenvalue weighted by atomic mass is 16.7. The lowest BCUT2D eigenvalue weighted by Gasteiger charge is -2.35. The largest absolute Gasteiger partial charge is 0.454 e. The second kappa shape index (κ2) is 10.1. The van der Waals surface area contributed by atoms with Crippen molar-refractivity contribution in [2.24, 2.45) is 0 Å². The molecule has 1 N–H and O–H groups in total. The van der Waals surface area contributed by atoms with Crippen LogP contribution in [0.2, 0.25) is 0 Å². The molecular weight excluding hydrogens is 368 g/mol. The van der Waals surface area contributed by atoms with Gasteiger partial charge in [-0.2, -0.15) is 0 Å². The maximum Gasteiger partial charge on any atom is 0.231 e. The van der Waals surface area contributed by atoms with Gasteiger partial charge in [0.2, 0.25) is 6.79 Å². The molecule has 6 nitrogen and oxygen atoms in total. The summed E-state index contributed by atoms with van der Waals surface area (Å²) >= 11 is 0. The van der Waals surface area contributed by atoms with E-state index in [2.05, 4.69) is 40.1 Å². The molecule has 0 aromatic heterocycles. The summed E-state index contributed by atoms with van der Waals surface area (Å²) in [6.07, 6.45) is 0.622. The SMILES string of the molecule is OC(COCc1ccc2c(c1)OCO2)CN1CCN(CCc2ccccc2)CC1. The first-order valence-electron chi connectivity index (χ1n) is 10.4. The topological polar surface area (TPSA) is 54.4 Å². The molecule has 0 saturated carbocycles. The maximum absolute atomic E-state index is 10.3. The molecule has 2 aromatic carbocycles. The van der Waals surface area contributed by atoms with Crippen LogP contribution >= 0.6 is 0 Å². The van der Waals surface area contributed by atoms with Crippen molar-refractivity contribution in [2.45, 2.75) is 19.1 Å². The van der Waals surface area contributed by atoms with E-state index in [-0.39, 0.29) is 6.79 Å². The second-order valence-electron chi connectivity index (χ2n) is 7.73. The van der Waals surface area contributed by atoms with Crippen molar-refractivity contribution in [1.82, 2.24) is 9.80 Å². The third-order valence-corrected chi connectivity index (χ3v) is 5.51. The fourth-order valence-electron chi connectivity index (χ4n) is 3.82. The smallest absolute Gasteiger partial charge is 0.231 e. The molecule has 156 valence electrons. The minimum absolute atomic E-state index is 0.276. The highest BCUT2D eigenvalue weighted by Gasteiger charge is 2.19. The molecule has 1 unspecified atom stereocenters. The predicted molar refractivity (Wildman–Crippen MR) is 111 cm³/mol. The molecule has 1 atom stereocenters. The monoisotopic (exact) mass is 398 g/mol. The first kappa shape index (κ1) is 20.2. The molecule has 0 radical (unpaired) electrons. The van der Waals surface area contributed by atoms with E-state index in [4.69, 9.17) is 14.2 Å². The van der Waals surface area contributed by atoms with E-state index < -0.39 is 6.10 Å². The Hall–Kier alpha value is -2.12. The summed E-state index contributed by atoms with van der Waals surface area (Å²) in [5, 5.41) is 10.3. The Morgan fingerprint density at radius 2 is 1.66 bits per heavy atom. The zero-order valence-electron chi connectivity index (χ0n) is 16.8. The minimum atomic E-state index is -0.472. The molecule has 0 spiro atoms. The Kier molecular flexibility index (Phi) is 7.00. The van der Waals surface area contributed by atoms with Crippen molar-refractivity contribution in [3.05, 3.63) is 59.7 Å². The molecule has 6 heteroatoms. The van der Waals surface area contributed by atoms with Crippen molar-refractivity contribution in [2.75, 3.05) is 52.7 Å². The third-order valence-electron chi connectivity index (χ3n) is 5.51. The number of ether oxygens (including phenoxy) is 3. The number of nitrogens with zero attached hydrogens (tertiary/aromatic N) is 2. The van der Waals surface area contributed by atoms with Gasteiger partial charge in [0.05, 0.1) is 19.3 Å². The summed E-state index contributed by atoms with van der Waals surface area (Å²) in [6.45, 7) is 6.92. The number of rotatable bonds is 9. The molecule has 29 heavy (non-hydrogen) atoms. The Balaban J connectivity index is 1.11. The summed E-state index contributed by atoms with van der Waals surface area (Å²) < 4.78 is 16.4. The first-order valence-corrected chi connectivity index (χ1v) is 10.4. The van der Waals surface area contributed by atoms with Crippen molar-refractivity contribution in [3.63, 3.8) is 0 Å². The zero-order valence-corrected chi connectivity index (χ0v) is 16.8. The number of aliphatic hydroxyl groups is 1. The van der Waals surface area contributed by atoms with Gasteiger partial charge < -0.3 is 24.2 Å². The molecule has 2 heterocycles. The quantitative estimate of drug-likeness (QED) is 0.699. The lowest BCUT2D eigenvalue weighted by atomic mass is 10.1. The van der Waals surface area contributed by atoms with Crippen molar-refractivity contribution >= 4 is 0 Å². The lowest BCUT2D eigenvalue weighted by Crippen LogP contribution is -2.49. The Morgan fingerprint density at radius 1 is 0.897 bits per heavy atom. The molecule has 2 aliphatic heterocycles. The van der Waals surface area contributed by atoms with Gasteiger partial charge in [0.15, 0.2) is 11.5 Å². The van der Waals surface area contributed by atoms with Gasteiger partial charge >= 0.3 is 0 Å². The average molecular weight is 399 g/mol. The van der Waals surface area contributed by atoms with Crippen molar-refractivity contribution in [3.8, 4) is 11.5 Å². The summed E-state index contributed by atoms with van der Waals surface area (Å²) in [5.41, 5.74) is 2.42. The first-order chi connectivity index (χ1) is 14.3. The fourth-order valence-corrected chi connectivity index (χ4v) is 3.82. The van der Waals surface area contributed by atoms with E-state index in [0.717, 1.165) is 56.2 Å². The van der Waals surface area contributed by atoms with E-state index in [1.54, 1.807) is 0 Å². The van der Waals surface area contributed by atoms with Crippen LogP contribution in [0, 0.1) is 0 Å². The predicted octanol–water partition coefficient (Wildman–Crippen LogP) is 2.15. The van der Waals surface area contributed by atoms with E-state index >= 15 is 0 Å². The van der Waals surface area contributed by atoms with Gasteiger partial charge in [0.1, 0.15) is 0 Å². The van der Waals surface area contributed by atoms with Gasteiger partial charge in [-0.15, -0.1) is 0 Å². The Bertz CT molecular complexity index is 763. The number of benzene rings is 2. The van der Waals surface area contributed by atoms with Crippen LogP contribution in [0.15, 0.2) is 48.5 Å². The Labute approximate surface area is 172 Å². The normalized spacial score (nSPS) is 18.1. The lowest BCUT2D eigenvalue weighted by molar-refractivity contribution is 0.00148. The van der Waals surface area contributed by atoms with Gasteiger partial charge in [0.25, 0.3) is 0 Å². The number of hydrogen-bond acceptors (Lipinski definition) is 6. The van der Waals surface area contributed by atoms with Crippen molar-refractivity contribution in [1.29, 1.82) is 0 Å². The third kappa shape index (κ3) is 5.93. The van der Waals surface area contributed by atoms with Crippen LogP contribution in [0.25, 0.3) is 0 Å². The van der Waals surface area contributed by atoms with Crippen LogP contribution in [0.4, 0.5) is 0 Å². The molecule has 4 rings (SSSR count). The molecule has 0 amide bonds. The number of aliphatic hydroxyl groups excluding tert-OH is 1. The molecule has 1 saturated heterocycles. The van der Waals surface area contributed by atoms with Gasteiger partial charge in [0, 0.05) is 39.3 Å². The van der Waals surface area contributed by atoms with Gasteiger partial charge in [-0.25, -0.2) is 0 Å². The van der Waals surface area contributed by atoms with Crippen LogP contribution < -0.4 is 9.47 Å². The fraction of sp³-hybridized carbons (Fsp3) is 0.478. The molecule has 2 aromatic rings. The van der Waals surface area contributed by atoms with Gasteiger partial charge in [-0.05, 0) is 29.7 Å². The van der Waals surface area contributed by atoms with E-state index in [1.165, 1.54) is 5.56 Å². The summed E-state index contributed by atoms with van der Waals surface area (Å²) in [4.78, 5) is 4.83. The van der Waals surface area contributed by atoms with E-state index in [0.29, 0.717) is 19.8 Å². The zero-order chi connectivity index (χ0) is 19.9. The average Bonchev–Trinajstić information content (AvgIpc) is 3.22. The van der Waals surface area contributed by atoms with Gasteiger partial charge in [-0.1, -0.05) is 36.4 Å². The molecule has 0 aliphatic carbocycles. The van der Waals surface area contributed by atoms with E-state index in [1.807, 2.05) is 18.2 Å². The molecule has 0 bridgehead atoms. The second-order valence-corrected chi connectivity index (χ2v) is 7.73. The highest BCUT2D eigenvalue weighted by Crippen LogP contribution is 2.32. The number of fused-ring (bicyclic) bond motifs is 1. The number of piperazine rings is 1. The summed E-state index contributed by atoms with van der Waals surface area (Å²) in [5.74, 6) is 1.54. The number of hydrogen-bond donors (Lipinski definition) is 1. The standard InChI is InChI=1S/C23H30N2O4/c26-21(17-27-16-20-6-7-22-23(14-20)29-18-28-22)15-25-12-10-24(11-13-25)9-8-19-4-2-1-3-5-19/h1-7,14,21,26H,8-13,15-18H2. The Morgan fingerprint density at radius 3 is 2.48 bits per heavy atom. The van der Waals surface area contributed by atoms with Crippen LogP contribution in [-0.4, -0.2) is 73.7 Å². The minimum Gasteiger partial charge on any atom is -0.454 e. The van der Waals surface area contributed by atoms with Crippen LogP contribution in [0.1, 0.15) is 11.1 Å². The molecule has 2 aliphatic rings.